The number of ether oxygens (including phenoxy) is 1. The van der Waals surface area contributed by atoms with Crippen molar-refractivity contribution in [2.45, 2.75) is 39.2 Å². The van der Waals surface area contributed by atoms with Gasteiger partial charge < -0.3 is 19.4 Å². The fourth-order valence-corrected chi connectivity index (χ4v) is 4.30. The van der Waals surface area contributed by atoms with Crippen LogP contribution in [-0.2, 0) is 4.79 Å². The Bertz CT molecular complexity index is 1130. The van der Waals surface area contributed by atoms with Crippen LogP contribution in [0.15, 0.2) is 46.9 Å². The van der Waals surface area contributed by atoms with Crippen LogP contribution in [0.1, 0.15) is 53.9 Å². The third-order valence-electron chi connectivity index (χ3n) is 5.92. The number of furan rings is 1. The molecule has 1 fully saturated rings. The molecule has 0 spiro atoms. The second-order valence-corrected chi connectivity index (χ2v) is 8.48. The summed E-state index contributed by atoms with van der Waals surface area (Å²) < 4.78 is 11.7. The summed E-state index contributed by atoms with van der Waals surface area (Å²) in [6.07, 6.45) is 2.73. The number of rotatable bonds is 7. The van der Waals surface area contributed by atoms with Gasteiger partial charge in [-0.25, -0.2) is 0 Å². The number of likely N-dealkylation sites (tertiary alicyclic amines) is 1. The molecule has 0 radical (unpaired) electrons. The lowest BCUT2D eigenvalue weighted by Gasteiger charge is -2.21. The number of aryl methyl sites for hydroxylation is 1. The van der Waals surface area contributed by atoms with Crippen LogP contribution < -0.4 is 10.1 Å². The molecule has 0 bridgehead atoms. The largest absolute Gasteiger partial charge is 0.483 e. The lowest BCUT2D eigenvalue weighted by Crippen LogP contribution is -2.32. The predicted molar refractivity (Wildman–Crippen MR) is 124 cm³/mol. The number of nitrogens with one attached hydrogen (secondary N) is 1. The molecule has 7 heteroatoms. The summed E-state index contributed by atoms with van der Waals surface area (Å²) in [5.74, 6) is 0.555. The van der Waals surface area contributed by atoms with E-state index in [1.165, 1.54) is 0 Å². The van der Waals surface area contributed by atoms with Crippen LogP contribution in [0.3, 0.4) is 0 Å². The van der Waals surface area contributed by atoms with Crippen molar-refractivity contribution in [1.29, 1.82) is 0 Å². The van der Waals surface area contributed by atoms with Crippen molar-refractivity contribution in [1.82, 2.24) is 10.2 Å². The summed E-state index contributed by atoms with van der Waals surface area (Å²) >= 11 is 6.09. The number of para-hydroxylation sites is 1. The van der Waals surface area contributed by atoms with Crippen LogP contribution in [0.2, 0.25) is 5.02 Å². The van der Waals surface area contributed by atoms with Gasteiger partial charge in [-0.2, -0.15) is 0 Å². The average Bonchev–Trinajstić information content (AvgIpc) is 3.45. The minimum Gasteiger partial charge on any atom is -0.483 e. The third-order valence-corrected chi connectivity index (χ3v) is 6.16. The molecule has 32 heavy (non-hydrogen) atoms. The molecule has 4 rings (SSSR count). The monoisotopic (exact) mass is 454 g/mol. The van der Waals surface area contributed by atoms with E-state index in [0.29, 0.717) is 22.8 Å². The van der Waals surface area contributed by atoms with Gasteiger partial charge in [0, 0.05) is 34.6 Å². The Labute approximate surface area is 192 Å². The number of carbonyl (C=O) groups is 2. The van der Waals surface area contributed by atoms with Gasteiger partial charge in [0.25, 0.3) is 11.8 Å². The van der Waals surface area contributed by atoms with E-state index in [1.54, 1.807) is 18.2 Å². The highest BCUT2D eigenvalue weighted by molar-refractivity contribution is 6.31. The second kappa shape index (κ2) is 9.65. The summed E-state index contributed by atoms with van der Waals surface area (Å²) in [5.41, 5.74) is 2.19. The minimum absolute atomic E-state index is 0.00838. The first-order valence-electron chi connectivity index (χ1n) is 11.0. The van der Waals surface area contributed by atoms with Gasteiger partial charge in [0.15, 0.2) is 12.4 Å². The Hall–Kier alpha value is -2.99. The van der Waals surface area contributed by atoms with Gasteiger partial charge in [-0.1, -0.05) is 36.7 Å². The molecular weight excluding hydrogens is 428 g/mol. The normalized spacial score (nSPS) is 14.5. The lowest BCUT2D eigenvalue weighted by atomic mass is 10.0. The Balaban J connectivity index is 1.51. The molecule has 2 amide bonds. The number of benzene rings is 2. The van der Waals surface area contributed by atoms with Crippen LogP contribution in [0.25, 0.3) is 11.0 Å². The van der Waals surface area contributed by atoms with Crippen LogP contribution in [-0.4, -0.2) is 36.4 Å². The molecule has 1 atom stereocenters. The van der Waals surface area contributed by atoms with E-state index in [0.717, 1.165) is 42.4 Å². The first kappa shape index (κ1) is 22.2. The average molecular weight is 455 g/mol. The number of hydrogen-bond acceptors (Lipinski definition) is 4. The Morgan fingerprint density at radius 3 is 2.69 bits per heavy atom. The van der Waals surface area contributed by atoms with Gasteiger partial charge in [0.2, 0.25) is 0 Å². The standard InChI is InChI=1S/C25H27ClN2O4/c1-3-20(27-25(30)24-16(2)19-14-17(26)10-11-22(19)32-24)18-8-4-5-9-21(18)31-15-23(29)28-12-6-7-13-28/h4-5,8-11,14,20H,3,6-7,12-13,15H2,1-2H3,(H,27,30). The van der Waals surface area contributed by atoms with Crippen LogP contribution in [0.4, 0.5) is 0 Å². The molecule has 0 saturated carbocycles. The Morgan fingerprint density at radius 2 is 1.94 bits per heavy atom. The Kier molecular flexibility index (Phi) is 6.70. The topological polar surface area (TPSA) is 71.8 Å². The van der Waals surface area contributed by atoms with E-state index in [4.69, 9.17) is 20.8 Å². The van der Waals surface area contributed by atoms with Crippen molar-refractivity contribution in [3.8, 4) is 5.75 Å². The zero-order valence-corrected chi connectivity index (χ0v) is 19.1. The molecule has 1 saturated heterocycles. The van der Waals surface area contributed by atoms with E-state index < -0.39 is 0 Å². The van der Waals surface area contributed by atoms with Crippen LogP contribution in [0.5, 0.6) is 5.75 Å². The van der Waals surface area contributed by atoms with Gasteiger partial charge in [0.05, 0.1) is 6.04 Å². The summed E-state index contributed by atoms with van der Waals surface area (Å²) in [4.78, 5) is 27.3. The van der Waals surface area contributed by atoms with Gasteiger partial charge in [-0.3, -0.25) is 9.59 Å². The highest BCUT2D eigenvalue weighted by atomic mass is 35.5. The van der Waals surface area contributed by atoms with E-state index in [2.05, 4.69) is 5.32 Å². The van der Waals surface area contributed by atoms with Gasteiger partial charge in [0.1, 0.15) is 11.3 Å². The third kappa shape index (κ3) is 4.60. The quantitative estimate of drug-likeness (QED) is 0.527. The molecule has 168 valence electrons. The molecule has 1 N–H and O–H groups in total. The second-order valence-electron chi connectivity index (χ2n) is 8.05. The van der Waals surface area contributed by atoms with E-state index in [-0.39, 0.29) is 30.2 Å². The van der Waals surface area contributed by atoms with Crippen molar-refractivity contribution in [2.24, 2.45) is 0 Å². The summed E-state index contributed by atoms with van der Waals surface area (Å²) in [7, 11) is 0. The van der Waals surface area contributed by atoms with Crippen molar-refractivity contribution in [3.05, 3.63) is 64.4 Å². The molecule has 1 aromatic heterocycles. The van der Waals surface area contributed by atoms with Gasteiger partial charge in [-0.15, -0.1) is 0 Å². The fourth-order valence-electron chi connectivity index (χ4n) is 4.13. The summed E-state index contributed by atoms with van der Waals surface area (Å²) in [6.45, 7) is 5.41. The maximum Gasteiger partial charge on any atom is 0.287 e. The van der Waals surface area contributed by atoms with E-state index >= 15 is 0 Å². The molecule has 3 aromatic rings. The molecule has 1 aliphatic rings. The number of hydrogen-bond donors (Lipinski definition) is 1. The van der Waals surface area contributed by atoms with E-state index in [9.17, 15) is 9.59 Å². The minimum atomic E-state index is -0.301. The van der Waals surface area contributed by atoms with Crippen molar-refractivity contribution in [2.75, 3.05) is 19.7 Å². The number of halogens is 1. The van der Waals surface area contributed by atoms with Crippen LogP contribution in [0, 0.1) is 6.92 Å². The van der Waals surface area contributed by atoms with Gasteiger partial charge in [-0.05, 0) is 50.5 Å². The smallest absolute Gasteiger partial charge is 0.287 e. The lowest BCUT2D eigenvalue weighted by molar-refractivity contribution is -0.132. The number of carbonyl (C=O) groups excluding carboxylic acids is 2. The first-order valence-corrected chi connectivity index (χ1v) is 11.3. The summed E-state index contributed by atoms with van der Waals surface area (Å²) in [5, 5.41) is 4.47. The Morgan fingerprint density at radius 1 is 1.19 bits per heavy atom. The molecule has 1 unspecified atom stereocenters. The first-order chi connectivity index (χ1) is 15.5. The van der Waals surface area contributed by atoms with Crippen molar-refractivity contribution < 1.29 is 18.7 Å². The van der Waals surface area contributed by atoms with Crippen molar-refractivity contribution in [3.63, 3.8) is 0 Å². The number of amides is 2. The van der Waals surface area contributed by atoms with E-state index in [1.807, 2.05) is 43.0 Å². The fraction of sp³-hybridized carbons (Fsp3) is 0.360. The molecular formula is C25H27ClN2O4. The highest BCUT2D eigenvalue weighted by Gasteiger charge is 2.24. The molecule has 2 heterocycles. The molecule has 1 aliphatic heterocycles. The zero-order valence-electron chi connectivity index (χ0n) is 18.3. The zero-order chi connectivity index (χ0) is 22.7. The highest BCUT2D eigenvalue weighted by Crippen LogP contribution is 2.30. The predicted octanol–water partition coefficient (Wildman–Crippen LogP) is 5.28. The molecule has 6 nitrogen and oxygen atoms in total. The SMILES string of the molecule is CCC(NC(=O)c1oc2ccc(Cl)cc2c1C)c1ccccc1OCC(=O)N1CCCC1. The molecule has 2 aromatic carbocycles. The van der Waals surface area contributed by atoms with Crippen molar-refractivity contribution >= 4 is 34.4 Å². The van der Waals surface area contributed by atoms with Crippen LogP contribution >= 0.6 is 11.6 Å². The molecule has 0 aliphatic carbocycles. The number of nitrogens with zero attached hydrogens (tertiary/aromatic N) is 1. The van der Waals surface area contributed by atoms with Gasteiger partial charge >= 0.3 is 0 Å². The maximum absolute atomic E-state index is 13.1. The summed E-state index contributed by atoms with van der Waals surface area (Å²) in [6, 6.07) is 12.5. The maximum atomic E-state index is 13.1. The number of fused-ring (bicyclic) bond motifs is 1.